The fraction of sp³-hybridized carbons (Fsp3) is 0.619. The van der Waals surface area contributed by atoms with E-state index in [9.17, 15) is 24.6 Å². The van der Waals surface area contributed by atoms with E-state index < -0.39 is 18.0 Å². The van der Waals surface area contributed by atoms with Crippen molar-refractivity contribution >= 4 is 57.8 Å². The van der Waals surface area contributed by atoms with Crippen molar-refractivity contribution in [2.75, 3.05) is 42.6 Å². The molecule has 9 nitrogen and oxygen atoms in total. The Hall–Kier alpha value is -0.760. The molecule has 0 radical (unpaired) electrons. The molecule has 1 N–H and O–H groups in total. The second-order valence-corrected chi connectivity index (χ2v) is 12.2. The Balaban J connectivity index is 0.00000274. The average molecular weight is 533 g/mol. The summed E-state index contributed by atoms with van der Waals surface area (Å²) in [6.07, 6.45) is -0.821. The maximum Gasteiger partial charge on any atom is 1.00 e. The summed E-state index contributed by atoms with van der Waals surface area (Å²) in [7, 11) is 0. The summed E-state index contributed by atoms with van der Waals surface area (Å²) < 4.78 is 0. The van der Waals surface area contributed by atoms with Crippen LogP contribution in [0.4, 0.5) is 5.13 Å². The number of aromatic nitrogens is 1. The summed E-state index contributed by atoms with van der Waals surface area (Å²) in [6, 6.07) is -0.329. The van der Waals surface area contributed by atoms with Gasteiger partial charge < -0.3 is 29.7 Å². The molecule has 3 saturated heterocycles. The topological polar surface area (TPSA) is 117 Å². The Morgan fingerprint density at radius 2 is 1.97 bits per heavy atom. The van der Waals surface area contributed by atoms with E-state index in [4.69, 9.17) is 0 Å². The molecular weight excluding hydrogens is 507 g/mol. The van der Waals surface area contributed by atoms with E-state index in [1.54, 1.807) is 6.92 Å². The van der Waals surface area contributed by atoms with E-state index in [1.807, 2.05) is 29.0 Å². The van der Waals surface area contributed by atoms with Gasteiger partial charge in [0.25, 0.3) is 5.91 Å². The predicted octanol–water partition coefficient (Wildman–Crippen LogP) is -2.92. The van der Waals surface area contributed by atoms with Gasteiger partial charge >= 0.3 is 29.6 Å². The van der Waals surface area contributed by atoms with Crippen LogP contribution in [0, 0.1) is 11.8 Å². The summed E-state index contributed by atoms with van der Waals surface area (Å²) in [5.41, 5.74) is 0.441. The number of carboxylic acids is 1. The molecule has 2 amide bonds. The monoisotopic (exact) mass is 532 g/mol. The van der Waals surface area contributed by atoms with Gasteiger partial charge in [-0.2, -0.15) is 11.8 Å². The fourth-order valence-electron chi connectivity index (χ4n) is 4.95. The second-order valence-electron chi connectivity index (χ2n) is 8.82. The van der Waals surface area contributed by atoms with Gasteiger partial charge in [0.05, 0.1) is 29.7 Å². The maximum atomic E-state index is 12.7. The van der Waals surface area contributed by atoms with Crippen LogP contribution in [0.5, 0.6) is 0 Å². The van der Waals surface area contributed by atoms with Crippen molar-refractivity contribution in [3.63, 3.8) is 0 Å². The molecule has 13 heteroatoms. The molecule has 4 atom stereocenters. The van der Waals surface area contributed by atoms with E-state index in [1.165, 1.54) is 28.0 Å². The number of aliphatic hydroxyl groups is 1. The van der Waals surface area contributed by atoms with Gasteiger partial charge in [0, 0.05) is 59.1 Å². The zero-order chi connectivity index (χ0) is 23.4. The third-order valence-electron chi connectivity index (χ3n) is 6.72. The molecule has 5 heterocycles. The smallest absolute Gasteiger partial charge is 0.543 e. The van der Waals surface area contributed by atoms with Crippen molar-refractivity contribution < 1.29 is 54.2 Å². The number of carbonyl (C=O) groups excluding carboxylic acids is 3. The molecule has 178 valence electrons. The summed E-state index contributed by atoms with van der Waals surface area (Å²) in [6.45, 7) is 6.35. The quantitative estimate of drug-likeness (QED) is 0.304. The van der Waals surface area contributed by atoms with Crippen LogP contribution in [-0.2, 0) is 9.59 Å². The van der Waals surface area contributed by atoms with Gasteiger partial charge in [-0.25, -0.2) is 4.98 Å². The summed E-state index contributed by atoms with van der Waals surface area (Å²) in [5, 5.41) is 24.6. The third-order valence-corrected chi connectivity index (χ3v) is 10.0. The average Bonchev–Trinajstić information content (AvgIpc) is 3.32. The minimum atomic E-state index is -1.35. The zero-order valence-corrected chi connectivity index (χ0v) is 23.8. The van der Waals surface area contributed by atoms with E-state index in [0.717, 1.165) is 29.7 Å². The predicted molar refractivity (Wildman–Crippen MR) is 126 cm³/mol. The van der Waals surface area contributed by atoms with Crippen molar-refractivity contribution in [3.05, 3.63) is 21.7 Å². The Morgan fingerprint density at radius 1 is 1.29 bits per heavy atom. The van der Waals surface area contributed by atoms with E-state index in [2.05, 4.69) is 9.88 Å². The minimum absolute atomic E-state index is 0. The number of aliphatic carboxylic acids is 1. The molecule has 34 heavy (non-hydrogen) atoms. The van der Waals surface area contributed by atoms with E-state index in [0.29, 0.717) is 23.7 Å². The number of carboxylic acid groups (broad SMARTS) is 1. The molecule has 0 spiro atoms. The molecule has 3 fully saturated rings. The number of anilines is 1. The van der Waals surface area contributed by atoms with Crippen LogP contribution in [-0.4, -0.2) is 92.8 Å². The number of carbonyl (C=O) groups is 3. The Morgan fingerprint density at radius 3 is 2.59 bits per heavy atom. The Bertz CT molecular complexity index is 1020. The van der Waals surface area contributed by atoms with Crippen LogP contribution < -0.4 is 39.6 Å². The number of hydrogen-bond acceptors (Lipinski definition) is 10. The van der Waals surface area contributed by atoms with Gasteiger partial charge in [0.2, 0.25) is 5.91 Å². The van der Waals surface area contributed by atoms with Gasteiger partial charge in [0.1, 0.15) is 5.69 Å². The first-order chi connectivity index (χ1) is 15.8. The van der Waals surface area contributed by atoms with Crippen LogP contribution in [0.1, 0.15) is 24.3 Å². The third kappa shape index (κ3) is 4.44. The largest absolute Gasteiger partial charge is 1.00 e. The van der Waals surface area contributed by atoms with Crippen molar-refractivity contribution in [1.29, 1.82) is 0 Å². The van der Waals surface area contributed by atoms with Crippen LogP contribution in [0.3, 0.4) is 0 Å². The van der Waals surface area contributed by atoms with Gasteiger partial charge in [-0.3, -0.25) is 9.59 Å². The zero-order valence-electron chi connectivity index (χ0n) is 19.3. The van der Waals surface area contributed by atoms with Crippen LogP contribution in [0.25, 0.3) is 0 Å². The number of hydrogen-bond donors (Lipinski definition) is 1. The maximum absolute atomic E-state index is 12.7. The molecule has 0 bridgehead atoms. The van der Waals surface area contributed by atoms with Crippen LogP contribution in [0.15, 0.2) is 16.0 Å². The van der Waals surface area contributed by atoms with Crippen LogP contribution in [0.2, 0.25) is 0 Å². The summed E-state index contributed by atoms with van der Waals surface area (Å²) >= 11 is 4.78. The Kier molecular flexibility index (Phi) is 7.98. The molecular formula is C21H25N4NaO5S3. The number of fused-ring (bicyclic) bond motifs is 1. The molecule has 1 aromatic heterocycles. The first-order valence-corrected chi connectivity index (χ1v) is 13.9. The number of rotatable bonds is 6. The summed E-state index contributed by atoms with van der Waals surface area (Å²) in [4.78, 5) is 47.4. The number of thioether (sulfide) groups is 2. The molecule has 0 aliphatic carbocycles. The van der Waals surface area contributed by atoms with Gasteiger partial charge in [0.15, 0.2) is 5.13 Å². The van der Waals surface area contributed by atoms with E-state index in [-0.39, 0.29) is 64.3 Å². The van der Waals surface area contributed by atoms with Gasteiger partial charge in [-0.05, 0) is 6.92 Å². The van der Waals surface area contributed by atoms with Crippen LogP contribution >= 0.6 is 34.9 Å². The fourth-order valence-corrected chi connectivity index (χ4v) is 8.19. The molecule has 0 unspecified atom stereocenters. The number of amides is 2. The SMILES string of the molecule is C[C@@H](O)[C@H]1C(=O)N2C(C(=O)[O-])=C(SC3CN(c4nc(C(=O)N5CCSCC5)cs4)C3)[C@H](C)[C@H]12.[Na+]. The van der Waals surface area contributed by atoms with Gasteiger partial charge in [-0.15, -0.1) is 23.1 Å². The van der Waals surface area contributed by atoms with Crippen molar-refractivity contribution in [2.24, 2.45) is 11.8 Å². The second kappa shape index (κ2) is 10.3. The minimum Gasteiger partial charge on any atom is -0.543 e. The van der Waals surface area contributed by atoms with E-state index >= 15 is 0 Å². The van der Waals surface area contributed by atoms with Crippen molar-refractivity contribution in [1.82, 2.24) is 14.8 Å². The Labute approximate surface area is 232 Å². The molecule has 0 saturated carbocycles. The summed E-state index contributed by atoms with van der Waals surface area (Å²) in [5.74, 6) is -0.542. The first-order valence-electron chi connectivity index (χ1n) is 11.0. The molecule has 0 aromatic carbocycles. The number of thiazole rings is 1. The number of aliphatic hydroxyl groups excluding tert-OH is 1. The normalized spacial score (nSPS) is 27.7. The standard InChI is InChI=1S/C21H26N4O5S3.Na/c1-10-15-14(11(2)26)19(28)25(15)16(20(29)30)17(10)33-12-7-24(8-12)21-22-13(9-32-21)18(27)23-3-5-31-6-4-23;/h9-12,14-15,26H,3-8H2,1-2H3,(H,29,30);/q;+1/p-1/t10-,11-,14-,15-;/m1./s1. The van der Waals surface area contributed by atoms with Gasteiger partial charge in [-0.1, -0.05) is 6.92 Å². The van der Waals surface area contributed by atoms with Crippen molar-refractivity contribution in [3.8, 4) is 0 Å². The number of nitrogens with zero attached hydrogens (tertiary/aromatic N) is 4. The van der Waals surface area contributed by atoms with Crippen molar-refractivity contribution in [2.45, 2.75) is 31.2 Å². The molecule has 5 rings (SSSR count). The first kappa shape index (κ1) is 26.3. The number of β-lactam (4-membered cyclic amide) rings is 1. The molecule has 4 aliphatic heterocycles. The molecule has 1 aromatic rings. The molecule has 4 aliphatic rings.